The fourth-order valence-corrected chi connectivity index (χ4v) is 2.08. The number of nitrogen functional groups attached to an aromatic ring is 1. The molecule has 0 saturated heterocycles. The van der Waals surface area contributed by atoms with Crippen LogP contribution in [-0.4, -0.2) is 36.8 Å². The van der Waals surface area contributed by atoms with Gasteiger partial charge in [0.25, 0.3) is 5.95 Å². The minimum atomic E-state index is 0.416. The predicted octanol–water partition coefficient (Wildman–Crippen LogP) is 2.71. The fourth-order valence-electron chi connectivity index (χ4n) is 1.96. The molecule has 0 fully saturated rings. The second-order valence-corrected chi connectivity index (χ2v) is 5.35. The van der Waals surface area contributed by atoms with E-state index in [1.807, 2.05) is 31.2 Å². The lowest BCUT2D eigenvalue weighted by Crippen LogP contribution is -2.23. The first kappa shape index (κ1) is 17.5. The van der Waals surface area contributed by atoms with Crippen LogP contribution in [0.5, 0.6) is 0 Å². The molecular formula is C16H21ClN4O2. The number of hydrogen-bond acceptors (Lipinski definition) is 6. The maximum atomic E-state index is 6.03. The van der Waals surface area contributed by atoms with Crippen molar-refractivity contribution in [2.75, 3.05) is 37.7 Å². The highest BCUT2D eigenvalue weighted by Crippen LogP contribution is 2.18. The minimum Gasteiger partial charge on any atom is -0.383 e. The summed E-state index contributed by atoms with van der Waals surface area (Å²) in [7, 11) is 1.74. The Labute approximate surface area is 141 Å². The normalized spacial score (nSPS) is 10.7. The van der Waals surface area contributed by atoms with E-state index in [1.54, 1.807) is 13.2 Å². The Hall–Kier alpha value is -1.89. The third kappa shape index (κ3) is 5.35. The fraction of sp³-hybridized carbons (Fsp3) is 0.375. The zero-order valence-electron chi connectivity index (χ0n) is 13.3. The second kappa shape index (κ2) is 8.67. The van der Waals surface area contributed by atoms with Crippen LogP contribution in [0, 0.1) is 0 Å². The van der Waals surface area contributed by atoms with Gasteiger partial charge in [0.1, 0.15) is 5.82 Å². The summed E-state index contributed by atoms with van der Waals surface area (Å²) >= 11 is 5.89. The highest BCUT2D eigenvalue weighted by molar-refractivity contribution is 6.30. The zero-order chi connectivity index (χ0) is 16.7. The summed E-state index contributed by atoms with van der Waals surface area (Å²) in [5.41, 5.74) is 7.99. The molecule has 0 bridgehead atoms. The molecule has 2 N–H and O–H groups in total. The lowest BCUT2D eigenvalue weighted by Gasteiger charge is -2.17. The van der Waals surface area contributed by atoms with Crippen molar-refractivity contribution < 1.29 is 9.57 Å². The average Bonchev–Trinajstić information content (AvgIpc) is 2.55. The molecule has 0 saturated carbocycles. The van der Waals surface area contributed by atoms with E-state index in [-0.39, 0.29) is 0 Å². The van der Waals surface area contributed by atoms with E-state index in [9.17, 15) is 0 Å². The molecule has 0 amide bonds. The van der Waals surface area contributed by atoms with Gasteiger partial charge in [0.2, 0.25) is 0 Å². The third-order valence-corrected chi connectivity index (χ3v) is 3.44. The van der Waals surface area contributed by atoms with E-state index < -0.39 is 0 Å². The Morgan fingerprint density at radius 1 is 1.22 bits per heavy atom. The summed E-state index contributed by atoms with van der Waals surface area (Å²) in [6, 6.07) is 7.61. The Balaban J connectivity index is 1.98. The van der Waals surface area contributed by atoms with Gasteiger partial charge in [-0.15, -0.1) is 0 Å². The Morgan fingerprint density at radius 2 is 1.96 bits per heavy atom. The van der Waals surface area contributed by atoms with E-state index in [1.165, 1.54) is 5.06 Å². The van der Waals surface area contributed by atoms with Gasteiger partial charge in [-0.05, 0) is 24.6 Å². The summed E-state index contributed by atoms with van der Waals surface area (Å²) in [6.07, 6.45) is 2.37. The van der Waals surface area contributed by atoms with Crippen molar-refractivity contribution in [3.63, 3.8) is 0 Å². The Kier molecular flexibility index (Phi) is 6.58. The van der Waals surface area contributed by atoms with Gasteiger partial charge in [0.15, 0.2) is 0 Å². The molecule has 0 aliphatic carbocycles. The number of halogens is 1. The largest absolute Gasteiger partial charge is 0.383 e. The van der Waals surface area contributed by atoms with Crippen LogP contribution in [0.25, 0.3) is 0 Å². The van der Waals surface area contributed by atoms with Crippen molar-refractivity contribution >= 4 is 23.4 Å². The van der Waals surface area contributed by atoms with Crippen LogP contribution in [0.4, 0.5) is 11.8 Å². The summed E-state index contributed by atoms with van der Waals surface area (Å²) in [6.45, 7) is 3.55. The number of aromatic nitrogens is 2. The molecule has 1 aromatic heterocycles. The maximum absolute atomic E-state index is 6.03. The second-order valence-electron chi connectivity index (χ2n) is 4.91. The predicted molar refractivity (Wildman–Crippen MR) is 91.6 cm³/mol. The van der Waals surface area contributed by atoms with Gasteiger partial charge in [0, 0.05) is 36.9 Å². The first-order valence-corrected chi connectivity index (χ1v) is 7.78. The molecular weight excluding hydrogens is 316 g/mol. The first-order valence-electron chi connectivity index (χ1n) is 7.40. The van der Waals surface area contributed by atoms with E-state index in [2.05, 4.69) is 9.97 Å². The molecule has 2 aromatic rings. The van der Waals surface area contributed by atoms with Crippen LogP contribution in [0.15, 0.2) is 30.5 Å². The molecule has 23 heavy (non-hydrogen) atoms. The van der Waals surface area contributed by atoms with Gasteiger partial charge in [-0.2, -0.15) is 4.98 Å². The van der Waals surface area contributed by atoms with E-state index in [0.29, 0.717) is 43.0 Å². The molecule has 0 radical (unpaired) electrons. The number of rotatable bonds is 8. The molecule has 2 rings (SSSR count). The molecule has 0 atom stereocenters. The lowest BCUT2D eigenvalue weighted by molar-refractivity contribution is 0.0447. The minimum absolute atomic E-state index is 0.416. The standard InChI is InChI=1S/C16H21ClN4O2/c1-3-22-8-9-23-21(2)16-19-11-13(15(18)20-16)10-12-4-6-14(17)7-5-12/h4-7,11H,3,8-10H2,1-2H3,(H2,18,19,20). The molecule has 6 nitrogen and oxygen atoms in total. The highest BCUT2D eigenvalue weighted by Gasteiger charge is 2.09. The van der Waals surface area contributed by atoms with Crippen LogP contribution in [0.1, 0.15) is 18.1 Å². The first-order chi connectivity index (χ1) is 11.1. The number of anilines is 2. The van der Waals surface area contributed by atoms with E-state index in [0.717, 1.165) is 11.1 Å². The van der Waals surface area contributed by atoms with Gasteiger partial charge in [-0.3, -0.25) is 4.84 Å². The zero-order valence-corrected chi connectivity index (χ0v) is 14.1. The summed E-state index contributed by atoms with van der Waals surface area (Å²) in [4.78, 5) is 14.1. The van der Waals surface area contributed by atoms with Crippen molar-refractivity contribution in [2.24, 2.45) is 0 Å². The van der Waals surface area contributed by atoms with E-state index >= 15 is 0 Å². The highest BCUT2D eigenvalue weighted by atomic mass is 35.5. The van der Waals surface area contributed by atoms with Gasteiger partial charge < -0.3 is 10.5 Å². The monoisotopic (exact) mass is 336 g/mol. The SMILES string of the molecule is CCOCCON(C)c1ncc(Cc2ccc(Cl)cc2)c(N)n1. The number of nitrogens with two attached hydrogens (primary N) is 1. The molecule has 0 spiro atoms. The van der Waals surface area contributed by atoms with Crippen molar-refractivity contribution in [3.05, 3.63) is 46.6 Å². The number of hydrogen-bond donors (Lipinski definition) is 1. The Morgan fingerprint density at radius 3 is 2.61 bits per heavy atom. The van der Waals surface area contributed by atoms with Crippen LogP contribution in [0.3, 0.4) is 0 Å². The summed E-state index contributed by atoms with van der Waals surface area (Å²) < 4.78 is 5.21. The number of benzene rings is 1. The molecule has 124 valence electrons. The van der Waals surface area contributed by atoms with Crippen molar-refractivity contribution in [2.45, 2.75) is 13.3 Å². The third-order valence-electron chi connectivity index (χ3n) is 3.19. The smallest absolute Gasteiger partial charge is 0.251 e. The molecule has 1 heterocycles. The topological polar surface area (TPSA) is 73.5 Å². The van der Waals surface area contributed by atoms with Crippen molar-refractivity contribution in [1.29, 1.82) is 0 Å². The van der Waals surface area contributed by atoms with Crippen LogP contribution >= 0.6 is 11.6 Å². The van der Waals surface area contributed by atoms with Crippen molar-refractivity contribution in [1.82, 2.24) is 9.97 Å². The van der Waals surface area contributed by atoms with Crippen molar-refractivity contribution in [3.8, 4) is 0 Å². The summed E-state index contributed by atoms with van der Waals surface area (Å²) in [5.74, 6) is 0.851. The van der Waals surface area contributed by atoms with Crippen LogP contribution in [-0.2, 0) is 16.0 Å². The summed E-state index contributed by atoms with van der Waals surface area (Å²) in [5, 5.41) is 2.20. The number of hydroxylamine groups is 1. The molecule has 0 aliphatic heterocycles. The quantitative estimate of drug-likeness (QED) is 0.590. The molecule has 7 heteroatoms. The molecule has 0 unspecified atom stereocenters. The van der Waals surface area contributed by atoms with E-state index in [4.69, 9.17) is 26.9 Å². The van der Waals surface area contributed by atoms with Gasteiger partial charge in [-0.25, -0.2) is 10.0 Å². The molecule has 0 aliphatic rings. The maximum Gasteiger partial charge on any atom is 0.251 e. The Bertz CT molecular complexity index is 622. The van der Waals surface area contributed by atoms with Gasteiger partial charge in [-0.1, -0.05) is 23.7 Å². The molecule has 1 aromatic carbocycles. The number of ether oxygens (including phenoxy) is 1. The van der Waals surface area contributed by atoms with Gasteiger partial charge in [0.05, 0.1) is 13.2 Å². The van der Waals surface area contributed by atoms with Crippen LogP contribution in [0.2, 0.25) is 5.02 Å². The lowest BCUT2D eigenvalue weighted by atomic mass is 10.1. The van der Waals surface area contributed by atoms with Crippen LogP contribution < -0.4 is 10.8 Å². The average molecular weight is 337 g/mol. The number of nitrogens with zero attached hydrogens (tertiary/aromatic N) is 3. The van der Waals surface area contributed by atoms with Gasteiger partial charge >= 0.3 is 0 Å².